The largest absolute Gasteiger partial charge is 0.414 e. The van der Waals surface area contributed by atoms with Gasteiger partial charge < -0.3 is 4.74 Å². The molecule has 0 radical (unpaired) electrons. The highest BCUT2D eigenvalue weighted by atomic mass is 19.4. The lowest BCUT2D eigenvalue weighted by Crippen LogP contribution is -2.32. The summed E-state index contributed by atoms with van der Waals surface area (Å²) < 4.78 is 42.7. The van der Waals surface area contributed by atoms with Gasteiger partial charge in [-0.05, 0) is 12.8 Å². The molecule has 0 heterocycles. The Labute approximate surface area is 109 Å². The van der Waals surface area contributed by atoms with Gasteiger partial charge in [0.15, 0.2) is 6.10 Å². The summed E-state index contributed by atoms with van der Waals surface area (Å²) in [6.07, 6.45) is 2.26. The molecule has 0 aliphatic heterocycles. The van der Waals surface area contributed by atoms with Gasteiger partial charge in [0.05, 0.1) is 0 Å². The first kappa shape index (κ1) is 17.8. The summed E-state index contributed by atoms with van der Waals surface area (Å²) in [4.78, 5) is 0. The van der Waals surface area contributed by atoms with Crippen molar-refractivity contribution in [3.05, 3.63) is 0 Å². The average molecular weight is 268 g/mol. The Balaban J connectivity index is 3.63. The summed E-state index contributed by atoms with van der Waals surface area (Å²) in [7, 11) is 0. The highest BCUT2D eigenvalue weighted by molar-refractivity contribution is 4.67. The van der Waals surface area contributed by atoms with Crippen molar-refractivity contribution < 1.29 is 17.9 Å². The van der Waals surface area contributed by atoms with Gasteiger partial charge in [0.1, 0.15) is 0 Å². The predicted molar refractivity (Wildman–Crippen MR) is 68.7 cm³/mol. The second kappa shape index (κ2) is 10.7. The molecule has 0 amide bonds. The molecule has 0 aromatic carbocycles. The van der Waals surface area contributed by atoms with Crippen LogP contribution in [0.3, 0.4) is 0 Å². The van der Waals surface area contributed by atoms with E-state index < -0.39 is 12.3 Å². The van der Waals surface area contributed by atoms with E-state index in [0.717, 1.165) is 19.3 Å². The topological polar surface area (TPSA) is 9.23 Å². The highest BCUT2D eigenvalue weighted by Crippen LogP contribution is 2.27. The Bertz CT molecular complexity index is 180. The first-order chi connectivity index (χ1) is 8.52. The van der Waals surface area contributed by atoms with Gasteiger partial charge in [-0.2, -0.15) is 13.2 Å². The molecule has 1 unspecified atom stereocenters. The third kappa shape index (κ3) is 9.75. The molecule has 1 nitrogen and oxygen atoms in total. The van der Waals surface area contributed by atoms with Gasteiger partial charge in [0.25, 0.3) is 0 Å². The third-order valence-corrected chi connectivity index (χ3v) is 2.96. The lowest BCUT2D eigenvalue weighted by Gasteiger charge is -2.20. The summed E-state index contributed by atoms with van der Waals surface area (Å²) in [5.74, 6) is 0. The van der Waals surface area contributed by atoms with Crippen LogP contribution in [0.1, 0.15) is 71.6 Å². The van der Waals surface area contributed by atoms with E-state index in [1.54, 1.807) is 0 Å². The van der Waals surface area contributed by atoms with Crippen LogP contribution < -0.4 is 0 Å². The van der Waals surface area contributed by atoms with Gasteiger partial charge in [-0.25, -0.2) is 0 Å². The molecule has 0 N–H and O–H groups in total. The standard InChI is InChI=1S/C14H27F3O/c1-3-5-6-7-8-9-10-11-13(14(15,16)17)18-12-4-2/h13H,3-12H2,1-2H3. The van der Waals surface area contributed by atoms with Crippen molar-refractivity contribution in [2.24, 2.45) is 0 Å². The van der Waals surface area contributed by atoms with Crippen LogP contribution in [-0.4, -0.2) is 18.9 Å². The first-order valence-electron chi connectivity index (χ1n) is 7.20. The summed E-state index contributed by atoms with van der Waals surface area (Å²) in [6.45, 7) is 4.17. The Morgan fingerprint density at radius 2 is 1.39 bits per heavy atom. The molecule has 0 aromatic heterocycles. The Morgan fingerprint density at radius 3 is 1.89 bits per heavy atom. The minimum absolute atomic E-state index is 0.108. The second-order valence-corrected chi connectivity index (χ2v) is 4.81. The SMILES string of the molecule is CCCCCCCCCC(OCCC)C(F)(F)F. The Hall–Kier alpha value is -0.250. The van der Waals surface area contributed by atoms with E-state index in [4.69, 9.17) is 4.74 Å². The van der Waals surface area contributed by atoms with Crippen molar-refractivity contribution >= 4 is 0 Å². The molecule has 0 aliphatic carbocycles. The van der Waals surface area contributed by atoms with Gasteiger partial charge in [-0.3, -0.25) is 0 Å². The molecule has 0 saturated heterocycles. The molecule has 0 rings (SSSR count). The number of halogens is 3. The molecule has 1 atom stereocenters. The number of hydrogen-bond donors (Lipinski definition) is 0. The molecule has 110 valence electrons. The Morgan fingerprint density at radius 1 is 0.833 bits per heavy atom. The first-order valence-corrected chi connectivity index (χ1v) is 7.20. The van der Waals surface area contributed by atoms with E-state index >= 15 is 0 Å². The van der Waals surface area contributed by atoms with Crippen LogP contribution in [0.25, 0.3) is 0 Å². The summed E-state index contributed by atoms with van der Waals surface area (Å²) in [5.41, 5.74) is 0. The van der Waals surface area contributed by atoms with Gasteiger partial charge in [-0.15, -0.1) is 0 Å². The van der Waals surface area contributed by atoms with Crippen molar-refractivity contribution in [1.29, 1.82) is 0 Å². The Kier molecular flexibility index (Phi) is 10.5. The van der Waals surface area contributed by atoms with Crippen molar-refractivity contribution in [3.8, 4) is 0 Å². The third-order valence-electron chi connectivity index (χ3n) is 2.96. The van der Waals surface area contributed by atoms with Crippen LogP contribution in [0.5, 0.6) is 0 Å². The number of rotatable bonds is 11. The zero-order chi connectivity index (χ0) is 13.9. The highest BCUT2D eigenvalue weighted by Gasteiger charge is 2.39. The molecule has 0 fully saturated rings. The zero-order valence-electron chi connectivity index (χ0n) is 11.7. The quantitative estimate of drug-likeness (QED) is 0.450. The van der Waals surface area contributed by atoms with Crippen LogP contribution >= 0.6 is 0 Å². The maximum absolute atomic E-state index is 12.6. The van der Waals surface area contributed by atoms with E-state index in [9.17, 15) is 13.2 Å². The lowest BCUT2D eigenvalue weighted by molar-refractivity contribution is -0.222. The molecule has 0 bridgehead atoms. The fourth-order valence-electron chi connectivity index (χ4n) is 1.89. The zero-order valence-corrected chi connectivity index (χ0v) is 11.7. The smallest absolute Gasteiger partial charge is 0.369 e. The van der Waals surface area contributed by atoms with Gasteiger partial charge in [-0.1, -0.05) is 58.8 Å². The maximum atomic E-state index is 12.6. The molecule has 0 saturated carbocycles. The van der Waals surface area contributed by atoms with Crippen molar-refractivity contribution in [2.45, 2.75) is 83.9 Å². The molecule has 18 heavy (non-hydrogen) atoms. The maximum Gasteiger partial charge on any atom is 0.414 e. The van der Waals surface area contributed by atoms with Crippen molar-refractivity contribution in [1.82, 2.24) is 0 Å². The number of hydrogen-bond acceptors (Lipinski definition) is 1. The van der Waals surface area contributed by atoms with Crippen LogP contribution in [0.2, 0.25) is 0 Å². The monoisotopic (exact) mass is 268 g/mol. The second-order valence-electron chi connectivity index (χ2n) is 4.81. The number of unbranched alkanes of at least 4 members (excludes halogenated alkanes) is 6. The predicted octanol–water partition coefficient (Wildman–Crippen LogP) is 5.48. The van der Waals surface area contributed by atoms with E-state index in [2.05, 4.69) is 6.92 Å². The van der Waals surface area contributed by atoms with E-state index in [0.29, 0.717) is 12.8 Å². The van der Waals surface area contributed by atoms with Crippen molar-refractivity contribution in [3.63, 3.8) is 0 Å². The van der Waals surface area contributed by atoms with E-state index in [1.165, 1.54) is 19.3 Å². The molecule has 4 heteroatoms. The average Bonchev–Trinajstić information content (AvgIpc) is 2.30. The molecular weight excluding hydrogens is 241 g/mol. The van der Waals surface area contributed by atoms with E-state index in [1.807, 2.05) is 6.92 Å². The van der Waals surface area contributed by atoms with Gasteiger partial charge >= 0.3 is 6.18 Å². The van der Waals surface area contributed by atoms with E-state index in [-0.39, 0.29) is 13.0 Å². The molecular formula is C14H27F3O. The van der Waals surface area contributed by atoms with Crippen LogP contribution in [0, 0.1) is 0 Å². The lowest BCUT2D eigenvalue weighted by atomic mass is 10.1. The van der Waals surface area contributed by atoms with Crippen LogP contribution in [0.4, 0.5) is 13.2 Å². The molecule has 0 aliphatic rings. The summed E-state index contributed by atoms with van der Waals surface area (Å²) in [5, 5.41) is 0. The minimum atomic E-state index is -4.21. The number of ether oxygens (including phenoxy) is 1. The molecule has 0 spiro atoms. The van der Waals surface area contributed by atoms with Crippen LogP contribution in [0.15, 0.2) is 0 Å². The normalized spacial score (nSPS) is 13.8. The van der Waals surface area contributed by atoms with Gasteiger partial charge in [0, 0.05) is 6.61 Å². The van der Waals surface area contributed by atoms with Gasteiger partial charge in [0.2, 0.25) is 0 Å². The molecule has 0 aromatic rings. The number of alkyl halides is 3. The fourth-order valence-corrected chi connectivity index (χ4v) is 1.89. The fraction of sp³-hybridized carbons (Fsp3) is 1.00. The summed E-state index contributed by atoms with van der Waals surface area (Å²) in [6, 6.07) is 0. The van der Waals surface area contributed by atoms with Crippen molar-refractivity contribution in [2.75, 3.05) is 6.61 Å². The summed E-state index contributed by atoms with van der Waals surface area (Å²) >= 11 is 0. The van der Waals surface area contributed by atoms with Crippen LogP contribution in [-0.2, 0) is 4.74 Å². The minimum Gasteiger partial charge on any atom is -0.369 e.